The molecule has 0 aliphatic carbocycles. The lowest BCUT2D eigenvalue weighted by Crippen LogP contribution is -2.12. The van der Waals surface area contributed by atoms with Crippen molar-refractivity contribution in [1.82, 2.24) is 9.55 Å². The Bertz CT molecular complexity index is 942. The molecule has 6 nitrogen and oxygen atoms in total. The van der Waals surface area contributed by atoms with Crippen LogP contribution in [0.5, 0.6) is 0 Å². The van der Waals surface area contributed by atoms with E-state index in [1.54, 1.807) is 24.0 Å². The predicted octanol–water partition coefficient (Wildman–Crippen LogP) is 4.40. The first-order valence-corrected chi connectivity index (χ1v) is 10.7. The first-order chi connectivity index (χ1) is 14.2. The summed E-state index contributed by atoms with van der Waals surface area (Å²) in [5.41, 5.74) is 3.22. The van der Waals surface area contributed by atoms with Crippen LogP contribution in [0.2, 0.25) is 0 Å². The lowest BCUT2D eigenvalue weighted by molar-refractivity contribution is 0.0453. The van der Waals surface area contributed by atoms with E-state index in [1.165, 1.54) is 0 Å². The maximum absolute atomic E-state index is 12.7. The van der Waals surface area contributed by atoms with E-state index in [0.717, 1.165) is 22.1 Å². The number of carbonyl (C=O) groups excluding carboxylic acids is 1. The fourth-order valence-corrected chi connectivity index (χ4v) is 3.36. The maximum Gasteiger partial charge on any atom is 0.255 e. The predicted molar refractivity (Wildman–Crippen MR) is 116 cm³/mol. The minimum absolute atomic E-state index is 0.160. The Kier molecular flexibility index (Phi) is 7.86. The monoisotopic (exact) mass is 411 g/mol. The normalized spacial score (nSPS) is 10.8. The Labute approximate surface area is 175 Å². The second-order valence-electron chi connectivity index (χ2n) is 6.24. The number of rotatable bonds is 10. The van der Waals surface area contributed by atoms with Gasteiger partial charge in [0.05, 0.1) is 19.8 Å². The standard InChI is InChI=1S/C22H25N3O3S/c1-3-27-12-13-28-16-17-6-4-8-19(14-17)24-21(26)18-7-5-9-20(15-18)25-11-10-23-22(25)29-2/h4-11,14-15H,3,12-13,16H2,1-2H3,(H,24,26). The molecule has 0 spiro atoms. The topological polar surface area (TPSA) is 65.4 Å². The number of nitrogens with one attached hydrogen (secondary N) is 1. The van der Waals surface area contributed by atoms with Gasteiger partial charge in [-0.15, -0.1) is 0 Å². The minimum Gasteiger partial charge on any atom is -0.379 e. The number of hydrogen-bond acceptors (Lipinski definition) is 5. The third-order valence-corrected chi connectivity index (χ3v) is 4.87. The second kappa shape index (κ2) is 10.8. The average Bonchev–Trinajstić information content (AvgIpc) is 3.23. The third kappa shape index (κ3) is 5.93. The molecule has 1 N–H and O–H groups in total. The number of thioether (sulfide) groups is 1. The quantitative estimate of drug-likeness (QED) is 0.396. The number of hydrogen-bond donors (Lipinski definition) is 1. The van der Waals surface area contributed by atoms with Gasteiger partial charge in [-0.2, -0.15) is 0 Å². The zero-order chi connectivity index (χ0) is 20.5. The van der Waals surface area contributed by atoms with Crippen LogP contribution in [0.4, 0.5) is 5.69 Å². The largest absolute Gasteiger partial charge is 0.379 e. The van der Waals surface area contributed by atoms with Gasteiger partial charge in [-0.25, -0.2) is 4.98 Å². The fraction of sp³-hybridized carbons (Fsp3) is 0.273. The van der Waals surface area contributed by atoms with Gasteiger partial charge < -0.3 is 14.8 Å². The van der Waals surface area contributed by atoms with Gasteiger partial charge in [0.2, 0.25) is 0 Å². The highest BCUT2D eigenvalue weighted by atomic mass is 32.2. The fourth-order valence-electron chi connectivity index (χ4n) is 2.83. The third-order valence-electron chi connectivity index (χ3n) is 4.21. The van der Waals surface area contributed by atoms with Crippen LogP contribution in [0.3, 0.4) is 0 Å². The summed E-state index contributed by atoms with van der Waals surface area (Å²) in [6.07, 6.45) is 5.61. The van der Waals surface area contributed by atoms with Crippen LogP contribution < -0.4 is 5.32 Å². The molecule has 0 aliphatic rings. The molecule has 152 valence electrons. The molecular weight excluding hydrogens is 386 g/mol. The van der Waals surface area contributed by atoms with Gasteiger partial charge in [0, 0.05) is 35.9 Å². The average molecular weight is 412 g/mol. The van der Waals surface area contributed by atoms with Crippen molar-refractivity contribution in [3.8, 4) is 5.69 Å². The van der Waals surface area contributed by atoms with Crippen molar-refractivity contribution in [3.63, 3.8) is 0 Å². The van der Waals surface area contributed by atoms with Crippen molar-refractivity contribution in [2.45, 2.75) is 18.7 Å². The molecule has 7 heteroatoms. The van der Waals surface area contributed by atoms with Gasteiger partial charge in [-0.05, 0) is 49.1 Å². The van der Waals surface area contributed by atoms with E-state index in [4.69, 9.17) is 9.47 Å². The summed E-state index contributed by atoms with van der Waals surface area (Å²) in [6, 6.07) is 15.2. The molecule has 0 fully saturated rings. The Morgan fingerprint density at radius 1 is 1.14 bits per heavy atom. The summed E-state index contributed by atoms with van der Waals surface area (Å²) in [7, 11) is 0. The van der Waals surface area contributed by atoms with Crippen LogP contribution in [-0.2, 0) is 16.1 Å². The summed E-state index contributed by atoms with van der Waals surface area (Å²) in [4.78, 5) is 17.1. The van der Waals surface area contributed by atoms with E-state index < -0.39 is 0 Å². The number of benzene rings is 2. The van der Waals surface area contributed by atoms with E-state index in [2.05, 4.69) is 10.3 Å². The Hall–Kier alpha value is -2.61. The molecule has 3 rings (SSSR count). The molecule has 29 heavy (non-hydrogen) atoms. The van der Waals surface area contributed by atoms with Crippen molar-refractivity contribution in [2.24, 2.45) is 0 Å². The highest BCUT2D eigenvalue weighted by molar-refractivity contribution is 7.98. The van der Waals surface area contributed by atoms with E-state index >= 15 is 0 Å². The second-order valence-corrected chi connectivity index (χ2v) is 7.01. The Morgan fingerprint density at radius 2 is 1.97 bits per heavy atom. The van der Waals surface area contributed by atoms with E-state index in [9.17, 15) is 4.79 Å². The molecule has 1 heterocycles. The van der Waals surface area contributed by atoms with Crippen molar-refractivity contribution in [3.05, 3.63) is 72.1 Å². The molecule has 1 amide bonds. The van der Waals surface area contributed by atoms with Crippen molar-refractivity contribution < 1.29 is 14.3 Å². The SMILES string of the molecule is CCOCCOCc1cccc(NC(=O)c2cccc(-n3ccnc3SC)c2)c1. The molecule has 3 aromatic rings. The van der Waals surface area contributed by atoms with Crippen molar-refractivity contribution in [2.75, 3.05) is 31.4 Å². The number of nitrogens with zero attached hydrogens (tertiary/aromatic N) is 2. The number of ether oxygens (including phenoxy) is 2. The van der Waals surface area contributed by atoms with Gasteiger partial charge in [0.25, 0.3) is 5.91 Å². The van der Waals surface area contributed by atoms with Crippen LogP contribution >= 0.6 is 11.8 Å². The molecule has 0 radical (unpaired) electrons. The summed E-state index contributed by atoms with van der Waals surface area (Å²) >= 11 is 1.56. The smallest absolute Gasteiger partial charge is 0.255 e. The molecule has 0 unspecified atom stereocenters. The zero-order valence-corrected chi connectivity index (χ0v) is 17.4. The number of aromatic nitrogens is 2. The Balaban J connectivity index is 1.65. The molecule has 0 atom stereocenters. The van der Waals surface area contributed by atoms with Gasteiger partial charge in [-0.1, -0.05) is 30.0 Å². The molecule has 2 aromatic carbocycles. The molecule has 1 aromatic heterocycles. The number of imidazole rings is 1. The van der Waals surface area contributed by atoms with E-state index in [1.807, 2.05) is 66.4 Å². The van der Waals surface area contributed by atoms with E-state index in [-0.39, 0.29) is 5.91 Å². The summed E-state index contributed by atoms with van der Waals surface area (Å²) in [5.74, 6) is -0.160. The molecule has 0 saturated heterocycles. The molecule has 0 bridgehead atoms. The Morgan fingerprint density at radius 3 is 2.79 bits per heavy atom. The molecule has 0 aliphatic heterocycles. The lowest BCUT2D eigenvalue weighted by Gasteiger charge is -2.10. The van der Waals surface area contributed by atoms with Crippen molar-refractivity contribution >= 4 is 23.4 Å². The van der Waals surface area contributed by atoms with E-state index in [0.29, 0.717) is 32.0 Å². The summed E-state index contributed by atoms with van der Waals surface area (Å²) < 4.78 is 12.8. The highest BCUT2D eigenvalue weighted by Crippen LogP contribution is 2.20. The molecular formula is C22H25N3O3S. The van der Waals surface area contributed by atoms with Crippen LogP contribution in [0, 0.1) is 0 Å². The zero-order valence-electron chi connectivity index (χ0n) is 16.6. The van der Waals surface area contributed by atoms with Gasteiger partial charge in [0.1, 0.15) is 0 Å². The van der Waals surface area contributed by atoms with Crippen LogP contribution in [0.25, 0.3) is 5.69 Å². The first kappa shape index (κ1) is 21.1. The van der Waals surface area contributed by atoms with Crippen LogP contribution in [0.1, 0.15) is 22.8 Å². The summed E-state index contributed by atoms with van der Waals surface area (Å²) in [6.45, 7) is 4.25. The van der Waals surface area contributed by atoms with Gasteiger partial charge in [-0.3, -0.25) is 9.36 Å². The maximum atomic E-state index is 12.7. The molecule has 0 saturated carbocycles. The minimum atomic E-state index is -0.160. The highest BCUT2D eigenvalue weighted by Gasteiger charge is 2.10. The van der Waals surface area contributed by atoms with Crippen LogP contribution in [0.15, 0.2) is 66.1 Å². The number of anilines is 1. The summed E-state index contributed by atoms with van der Waals surface area (Å²) in [5, 5.41) is 3.84. The van der Waals surface area contributed by atoms with Gasteiger partial charge >= 0.3 is 0 Å². The lowest BCUT2D eigenvalue weighted by atomic mass is 10.1. The van der Waals surface area contributed by atoms with Crippen molar-refractivity contribution in [1.29, 1.82) is 0 Å². The number of amides is 1. The van der Waals surface area contributed by atoms with Gasteiger partial charge in [0.15, 0.2) is 5.16 Å². The van der Waals surface area contributed by atoms with Crippen LogP contribution in [-0.4, -0.2) is 41.5 Å². The number of carbonyl (C=O) groups is 1. The first-order valence-electron chi connectivity index (χ1n) is 9.45.